The summed E-state index contributed by atoms with van der Waals surface area (Å²) in [6, 6.07) is 10.5. The van der Waals surface area contributed by atoms with E-state index in [-0.39, 0.29) is 5.82 Å². The maximum atomic E-state index is 13.4. The summed E-state index contributed by atoms with van der Waals surface area (Å²) in [4.78, 5) is 28.1. The molecule has 0 spiro atoms. The number of aromatic nitrogens is 3. The van der Waals surface area contributed by atoms with Crippen molar-refractivity contribution in [1.82, 2.24) is 19.3 Å². The zero-order chi connectivity index (χ0) is 27.0. The molecule has 0 bridgehead atoms. The van der Waals surface area contributed by atoms with Crippen LogP contribution in [0.2, 0.25) is 0 Å². The lowest BCUT2D eigenvalue weighted by molar-refractivity contribution is -0.151. The molecule has 1 atom stereocenters. The number of hydrogen-bond acceptors (Lipinski definition) is 7. The number of hydrogen-bond donors (Lipinski definition) is 1. The van der Waals surface area contributed by atoms with Crippen molar-refractivity contribution in [3.63, 3.8) is 0 Å². The number of imidazole rings is 1. The number of halogens is 1. The van der Waals surface area contributed by atoms with Crippen molar-refractivity contribution in [2.45, 2.75) is 39.2 Å². The molecule has 0 amide bonds. The molecule has 200 valence electrons. The molecule has 1 saturated heterocycles. The van der Waals surface area contributed by atoms with Crippen molar-refractivity contribution in [2.75, 3.05) is 43.0 Å². The van der Waals surface area contributed by atoms with E-state index in [1.54, 1.807) is 12.1 Å². The molecular formula is C28H33FN6O2S. The van der Waals surface area contributed by atoms with Gasteiger partial charge in [0, 0.05) is 50.4 Å². The Balaban J connectivity index is 1.42. The lowest BCUT2D eigenvalue weighted by atomic mass is 9.95. The van der Waals surface area contributed by atoms with Crippen LogP contribution in [0.25, 0.3) is 16.9 Å². The van der Waals surface area contributed by atoms with Crippen molar-refractivity contribution in [3.05, 3.63) is 59.5 Å². The van der Waals surface area contributed by atoms with Crippen LogP contribution in [0.15, 0.2) is 48.0 Å². The first-order valence-corrected chi connectivity index (χ1v) is 13.8. The molecule has 4 aromatic rings. The number of pyridine rings is 1. The Labute approximate surface area is 226 Å². The van der Waals surface area contributed by atoms with Gasteiger partial charge in [-0.2, -0.15) is 0 Å². The summed E-state index contributed by atoms with van der Waals surface area (Å²) in [7, 11) is 2.00. The molecule has 1 aromatic carbocycles. The molecule has 3 aromatic heterocycles. The molecule has 38 heavy (non-hydrogen) atoms. The van der Waals surface area contributed by atoms with Crippen LogP contribution in [0.5, 0.6) is 0 Å². The normalized spacial score (nSPS) is 16.1. The Morgan fingerprint density at radius 1 is 1.11 bits per heavy atom. The van der Waals surface area contributed by atoms with E-state index in [1.165, 1.54) is 23.5 Å². The second-order valence-electron chi connectivity index (χ2n) is 9.84. The van der Waals surface area contributed by atoms with E-state index in [0.29, 0.717) is 19.5 Å². The molecule has 1 N–H and O–H groups in total. The van der Waals surface area contributed by atoms with E-state index in [9.17, 15) is 14.3 Å². The lowest BCUT2D eigenvalue weighted by Gasteiger charge is -2.43. The zero-order valence-corrected chi connectivity index (χ0v) is 23.0. The second-order valence-corrected chi connectivity index (χ2v) is 10.7. The number of fused-ring (bicyclic) bond motifs is 1. The molecule has 1 aliphatic heterocycles. The summed E-state index contributed by atoms with van der Waals surface area (Å²) in [5.41, 5.74) is 3.76. The first kappa shape index (κ1) is 26.1. The van der Waals surface area contributed by atoms with Crippen LogP contribution in [-0.4, -0.2) is 69.1 Å². The Morgan fingerprint density at radius 3 is 2.45 bits per heavy atom. The third-order valence-corrected chi connectivity index (χ3v) is 8.63. The van der Waals surface area contributed by atoms with Gasteiger partial charge in [0.05, 0.1) is 17.1 Å². The first-order chi connectivity index (χ1) is 18.2. The van der Waals surface area contributed by atoms with Crippen LogP contribution in [0.4, 0.5) is 21.0 Å². The first-order valence-electron chi connectivity index (χ1n) is 12.9. The van der Waals surface area contributed by atoms with E-state index < -0.39 is 11.5 Å². The lowest BCUT2D eigenvalue weighted by Crippen LogP contribution is -2.59. The molecule has 1 fully saturated rings. The van der Waals surface area contributed by atoms with Gasteiger partial charge in [0.15, 0.2) is 5.13 Å². The third-order valence-electron chi connectivity index (χ3n) is 7.71. The highest BCUT2D eigenvalue weighted by Gasteiger charge is 2.39. The van der Waals surface area contributed by atoms with Crippen molar-refractivity contribution >= 4 is 39.6 Å². The Morgan fingerprint density at radius 2 is 1.82 bits per heavy atom. The van der Waals surface area contributed by atoms with E-state index >= 15 is 0 Å². The van der Waals surface area contributed by atoms with Crippen molar-refractivity contribution < 1.29 is 14.3 Å². The number of anilines is 3. The molecule has 4 heterocycles. The zero-order valence-electron chi connectivity index (χ0n) is 22.2. The standard InChI is InChI=1S/C28H33FN6O2S/c1-5-22-25(32(4)27-31-23(18-38-27)19-7-9-20(29)10-8-19)35-17-21(11-12-24(35)30-22)33-13-15-34(16-14-33)28(3,6-2)26(36)37/h7-12,17-18H,5-6,13-16H2,1-4H3,(H,36,37). The van der Waals surface area contributed by atoms with Crippen LogP contribution < -0.4 is 9.80 Å². The molecule has 5 rings (SSSR count). The fraction of sp³-hybridized carbons (Fsp3) is 0.393. The number of aryl methyl sites for hydroxylation is 1. The van der Waals surface area contributed by atoms with Gasteiger partial charge in [0.25, 0.3) is 0 Å². The van der Waals surface area contributed by atoms with Gasteiger partial charge >= 0.3 is 5.97 Å². The SMILES string of the molecule is CCc1nc2ccc(N3CCN(C(C)(CC)C(=O)O)CC3)cn2c1N(C)c1nc(-c2ccc(F)cc2)cs1. The maximum Gasteiger partial charge on any atom is 0.323 e. The number of rotatable bonds is 8. The van der Waals surface area contributed by atoms with Crippen molar-refractivity contribution in [1.29, 1.82) is 0 Å². The largest absolute Gasteiger partial charge is 0.480 e. The van der Waals surface area contributed by atoms with Crippen LogP contribution in [0.1, 0.15) is 32.9 Å². The summed E-state index contributed by atoms with van der Waals surface area (Å²) in [6.45, 7) is 8.73. The molecule has 0 aliphatic carbocycles. The summed E-state index contributed by atoms with van der Waals surface area (Å²) >= 11 is 1.54. The van der Waals surface area contributed by atoms with E-state index in [2.05, 4.69) is 38.3 Å². The van der Waals surface area contributed by atoms with E-state index in [4.69, 9.17) is 9.97 Å². The number of nitrogens with zero attached hydrogens (tertiary/aromatic N) is 6. The van der Waals surface area contributed by atoms with Crippen LogP contribution in [0, 0.1) is 5.82 Å². The average molecular weight is 537 g/mol. The van der Waals surface area contributed by atoms with Gasteiger partial charge in [0.1, 0.15) is 22.8 Å². The van der Waals surface area contributed by atoms with Crippen LogP contribution in [-0.2, 0) is 11.2 Å². The van der Waals surface area contributed by atoms with Crippen molar-refractivity contribution in [3.8, 4) is 11.3 Å². The second kappa shape index (κ2) is 10.3. The molecule has 0 saturated carbocycles. The van der Waals surface area contributed by atoms with E-state index in [0.717, 1.165) is 58.7 Å². The van der Waals surface area contributed by atoms with Gasteiger partial charge < -0.3 is 14.9 Å². The highest BCUT2D eigenvalue weighted by atomic mass is 32.1. The summed E-state index contributed by atoms with van der Waals surface area (Å²) in [5, 5.41) is 12.6. The van der Waals surface area contributed by atoms with Gasteiger partial charge in [-0.15, -0.1) is 11.3 Å². The van der Waals surface area contributed by atoms with Gasteiger partial charge in [-0.05, 0) is 56.2 Å². The fourth-order valence-corrected chi connectivity index (χ4v) is 5.88. The highest BCUT2D eigenvalue weighted by Crippen LogP contribution is 2.34. The Kier molecular flexibility index (Phi) is 7.11. The van der Waals surface area contributed by atoms with E-state index in [1.807, 2.05) is 32.3 Å². The summed E-state index contributed by atoms with van der Waals surface area (Å²) in [5.74, 6) is -0.0663. The predicted octanol–water partition coefficient (Wildman–Crippen LogP) is 5.30. The quantitative estimate of drug-likeness (QED) is 0.327. The van der Waals surface area contributed by atoms with Gasteiger partial charge in [-0.3, -0.25) is 14.1 Å². The Bertz CT molecular complexity index is 1440. The van der Waals surface area contributed by atoms with Gasteiger partial charge in [-0.25, -0.2) is 14.4 Å². The minimum atomic E-state index is -0.841. The molecule has 0 radical (unpaired) electrons. The molecular weight excluding hydrogens is 503 g/mol. The number of carbonyl (C=O) groups is 1. The smallest absolute Gasteiger partial charge is 0.323 e. The molecule has 10 heteroatoms. The van der Waals surface area contributed by atoms with Crippen LogP contribution in [0.3, 0.4) is 0 Å². The van der Waals surface area contributed by atoms with Crippen molar-refractivity contribution in [2.24, 2.45) is 0 Å². The minimum absolute atomic E-state index is 0.266. The van der Waals surface area contributed by atoms with Crippen LogP contribution >= 0.6 is 11.3 Å². The maximum absolute atomic E-state index is 13.4. The van der Waals surface area contributed by atoms with Gasteiger partial charge in [-0.1, -0.05) is 13.8 Å². The van der Waals surface area contributed by atoms with Gasteiger partial charge in [0.2, 0.25) is 0 Å². The Hall–Kier alpha value is -3.50. The number of aliphatic carboxylic acids is 1. The topological polar surface area (TPSA) is 77.2 Å². The number of piperazine rings is 1. The number of thiazole rings is 1. The summed E-state index contributed by atoms with van der Waals surface area (Å²) in [6.07, 6.45) is 3.46. The summed E-state index contributed by atoms with van der Waals surface area (Å²) < 4.78 is 15.5. The average Bonchev–Trinajstić information content (AvgIpc) is 3.57. The molecule has 1 aliphatic rings. The fourth-order valence-electron chi connectivity index (χ4n) is 5.08. The number of benzene rings is 1. The predicted molar refractivity (Wildman–Crippen MR) is 150 cm³/mol. The molecule has 1 unspecified atom stereocenters. The monoisotopic (exact) mass is 536 g/mol. The number of carboxylic acid groups (broad SMARTS) is 1. The number of carboxylic acids is 1. The highest BCUT2D eigenvalue weighted by molar-refractivity contribution is 7.14. The third kappa shape index (κ3) is 4.63. The molecule has 8 nitrogen and oxygen atoms in total. The minimum Gasteiger partial charge on any atom is -0.480 e.